The second-order valence-electron chi connectivity index (χ2n) is 9.12. The zero-order valence-corrected chi connectivity index (χ0v) is 19.9. The van der Waals surface area contributed by atoms with Crippen molar-refractivity contribution >= 4 is 11.5 Å². The Balaban J connectivity index is 1.50. The van der Waals surface area contributed by atoms with Gasteiger partial charge in [-0.05, 0) is 43.9 Å². The van der Waals surface area contributed by atoms with Crippen LogP contribution in [0.2, 0.25) is 0 Å². The lowest BCUT2D eigenvalue weighted by Gasteiger charge is -2.34. The Kier molecular flexibility index (Phi) is 8.29. The molecule has 2 fully saturated rings. The smallest absolute Gasteiger partial charge is 0.251 e. The third-order valence-electron chi connectivity index (χ3n) is 6.51. The molecule has 2 aromatic rings. The van der Waals surface area contributed by atoms with Gasteiger partial charge >= 0.3 is 0 Å². The van der Waals surface area contributed by atoms with E-state index in [2.05, 4.69) is 33.0 Å². The standard InChI is InChI=1S/C26H37N3O4/c1-20(19-31-2)33-24-9-7-21(8-10-24)16-22-6-4-3-5-11-29(22)25-17-23(18-26(30)27-25)28-12-14-32-15-13-28/h7-10,17-18,20,22H,3-6,11-16,19H2,1-2H3,(H,27,30). The normalized spacial score (nSPS) is 20.4. The van der Waals surface area contributed by atoms with E-state index in [0.717, 1.165) is 56.2 Å². The van der Waals surface area contributed by atoms with Gasteiger partial charge in [0.05, 0.1) is 19.8 Å². The van der Waals surface area contributed by atoms with Crippen molar-refractivity contribution in [1.29, 1.82) is 0 Å². The van der Waals surface area contributed by atoms with Crippen LogP contribution in [0.15, 0.2) is 41.2 Å². The highest BCUT2D eigenvalue weighted by atomic mass is 16.5. The number of morpholine rings is 1. The van der Waals surface area contributed by atoms with E-state index in [4.69, 9.17) is 14.2 Å². The molecule has 1 aromatic carbocycles. The lowest BCUT2D eigenvalue weighted by Crippen LogP contribution is -2.39. The fourth-order valence-electron chi connectivity index (χ4n) is 4.86. The van der Waals surface area contributed by atoms with Crippen molar-refractivity contribution in [3.63, 3.8) is 0 Å². The second kappa shape index (κ2) is 11.6. The minimum Gasteiger partial charge on any atom is -0.488 e. The molecule has 0 bridgehead atoms. The van der Waals surface area contributed by atoms with Gasteiger partial charge in [0.15, 0.2) is 0 Å². The summed E-state index contributed by atoms with van der Waals surface area (Å²) in [5.74, 6) is 1.80. The van der Waals surface area contributed by atoms with Crippen LogP contribution in [-0.4, -0.2) is 63.7 Å². The maximum Gasteiger partial charge on any atom is 0.251 e. The Morgan fingerprint density at radius 1 is 1.09 bits per heavy atom. The van der Waals surface area contributed by atoms with Crippen molar-refractivity contribution in [3.05, 3.63) is 52.3 Å². The highest BCUT2D eigenvalue weighted by Gasteiger charge is 2.24. The topological polar surface area (TPSA) is 67.0 Å². The van der Waals surface area contributed by atoms with E-state index in [1.807, 2.05) is 19.1 Å². The van der Waals surface area contributed by atoms with Crippen molar-refractivity contribution in [2.45, 2.75) is 51.2 Å². The number of aromatic amines is 1. The number of aromatic nitrogens is 1. The number of nitrogens with one attached hydrogen (secondary N) is 1. The van der Waals surface area contributed by atoms with Crippen LogP contribution < -0.4 is 20.1 Å². The van der Waals surface area contributed by atoms with Crippen molar-refractivity contribution in [2.24, 2.45) is 0 Å². The molecule has 2 unspecified atom stereocenters. The first kappa shape index (κ1) is 23.6. The Bertz CT molecular complexity index is 924. The summed E-state index contributed by atoms with van der Waals surface area (Å²) in [5, 5.41) is 0. The first-order valence-electron chi connectivity index (χ1n) is 12.2. The first-order valence-corrected chi connectivity index (χ1v) is 12.2. The lowest BCUT2D eigenvalue weighted by molar-refractivity contribution is 0.0921. The van der Waals surface area contributed by atoms with E-state index >= 15 is 0 Å². The van der Waals surface area contributed by atoms with Crippen LogP contribution in [0.1, 0.15) is 38.2 Å². The van der Waals surface area contributed by atoms with Gasteiger partial charge in [-0.15, -0.1) is 0 Å². The van der Waals surface area contributed by atoms with Gasteiger partial charge in [-0.1, -0.05) is 25.0 Å². The second-order valence-corrected chi connectivity index (χ2v) is 9.12. The largest absolute Gasteiger partial charge is 0.488 e. The zero-order chi connectivity index (χ0) is 23.0. The van der Waals surface area contributed by atoms with E-state index in [-0.39, 0.29) is 11.7 Å². The monoisotopic (exact) mass is 455 g/mol. The van der Waals surface area contributed by atoms with Gasteiger partial charge < -0.3 is 29.0 Å². The molecule has 0 saturated carbocycles. The van der Waals surface area contributed by atoms with Crippen molar-refractivity contribution in [3.8, 4) is 5.75 Å². The summed E-state index contributed by atoms with van der Waals surface area (Å²) < 4.78 is 16.5. The highest BCUT2D eigenvalue weighted by Crippen LogP contribution is 2.28. The summed E-state index contributed by atoms with van der Waals surface area (Å²) in [7, 11) is 1.69. The molecular formula is C26H37N3O4. The number of methoxy groups -OCH3 is 1. The summed E-state index contributed by atoms with van der Waals surface area (Å²) in [5.41, 5.74) is 2.24. The van der Waals surface area contributed by atoms with E-state index in [1.165, 1.54) is 18.4 Å². The highest BCUT2D eigenvalue weighted by molar-refractivity contribution is 5.56. The van der Waals surface area contributed by atoms with Crippen LogP contribution in [0.5, 0.6) is 5.75 Å². The molecule has 0 radical (unpaired) electrons. The molecule has 1 aromatic heterocycles. The predicted molar refractivity (Wildman–Crippen MR) is 132 cm³/mol. The number of nitrogens with zero attached hydrogens (tertiary/aromatic N) is 2. The molecule has 3 heterocycles. The van der Waals surface area contributed by atoms with Gasteiger partial charge in [0, 0.05) is 50.6 Å². The minimum atomic E-state index is -0.0383. The van der Waals surface area contributed by atoms with Gasteiger partial charge in [0.1, 0.15) is 17.7 Å². The van der Waals surface area contributed by atoms with Crippen LogP contribution >= 0.6 is 0 Å². The fraction of sp³-hybridized carbons (Fsp3) is 0.577. The molecule has 2 atom stereocenters. The summed E-state index contributed by atoms with van der Waals surface area (Å²) in [6.07, 6.45) is 5.66. The molecule has 2 saturated heterocycles. The third-order valence-corrected chi connectivity index (χ3v) is 6.51. The van der Waals surface area contributed by atoms with Crippen molar-refractivity contribution in [1.82, 2.24) is 4.98 Å². The van der Waals surface area contributed by atoms with E-state index < -0.39 is 0 Å². The first-order chi connectivity index (χ1) is 16.1. The molecule has 2 aliphatic heterocycles. The van der Waals surface area contributed by atoms with E-state index in [9.17, 15) is 4.79 Å². The molecule has 7 nitrogen and oxygen atoms in total. The van der Waals surface area contributed by atoms with Gasteiger partial charge in [0.25, 0.3) is 5.56 Å². The fourth-order valence-corrected chi connectivity index (χ4v) is 4.86. The average Bonchev–Trinajstić information content (AvgIpc) is 3.06. The van der Waals surface area contributed by atoms with Crippen LogP contribution in [0.25, 0.3) is 0 Å². The Morgan fingerprint density at radius 3 is 2.64 bits per heavy atom. The molecule has 0 spiro atoms. The van der Waals surface area contributed by atoms with Crippen molar-refractivity contribution < 1.29 is 14.2 Å². The summed E-state index contributed by atoms with van der Waals surface area (Å²) >= 11 is 0. The number of pyridine rings is 1. The molecule has 1 N–H and O–H groups in total. The van der Waals surface area contributed by atoms with Gasteiger partial charge in [-0.3, -0.25) is 4.79 Å². The van der Waals surface area contributed by atoms with Gasteiger partial charge in [-0.25, -0.2) is 0 Å². The number of anilines is 2. The molecule has 180 valence electrons. The van der Waals surface area contributed by atoms with Gasteiger partial charge in [-0.2, -0.15) is 0 Å². The summed E-state index contributed by atoms with van der Waals surface area (Å²) in [6, 6.07) is 12.6. The predicted octanol–water partition coefficient (Wildman–Crippen LogP) is 3.62. The molecule has 0 amide bonds. The van der Waals surface area contributed by atoms with Crippen LogP contribution in [0.4, 0.5) is 11.5 Å². The van der Waals surface area contributed by atoms with Crippen molar-refractivity contribution in [2.75, 3.05) is 56.4 Å². The number of ether oxygens (including phenoxy) is 3. The number of H-pyrrole nitrogens is 1. The van der Waals surface area contributed by atoms with E-state index in [0.29, 0.717) is 25.9 Å². The maximum atomic E-state index is 12.6. The molecule has 7 heteroatoms. The molecule has 4 rings (SSSR count). The minimum absolute atomic E-state index is 0.0220. The lowest BCUT2D eigenvalue weighted by atomic mass is 10.0. The average molecular weight is 456 g/mol. The Morgan fingerprint density at radius 2 is 1.88 bits per heavy atom. The quantitative estimate of drug-likeness (QED) is 0.656. The Labute approximate surface area is 196 Å². The number of hydrogen-bond acceptors (Lipinski definition) is 6. The maximum absolute atomic E-state index is 12.6. The molecule has 0 aliphatic carbocycles. The molecule has 2 aliphatic rings. The Hall–Kier alpha value is -2.51. The number of hydrogen-bond donors (Lipinski definition) is 1. The van der Waals surface area contributed by atoms with Crippen LogP contribution in [0.3, 0.4) is 0 Å². The third kappa shape index (κ3) is 6.51. The molecular weight excluding hydrogens is 418 g/mol. The zero-order valence-electron chi connectivity index (χ0n) is 19.9. The summed E-state index contributed by atoms with van der Waals surface area (Å²) in [4.78, 5) is 20.3. The van der Waals surface area contributed by atoms with Crippen LogP contribution in [0, 0.1) is 0 Å². The SMILES string of the molecule is COCC(C)Oc1ccc(CC2CCCCCN2c2cc(N3CCOCC3)cc(=O)[nH]2)cc1. The van der Waals surface area contributed by atoms with Gasteiger partial charge in [0.2, 0.25) is 0 Å². The number of benzene rings is 1. The number of rotatable bonds is 8. The van der Waals surface area contributed by atoms with Crippen LogP contribution in [-0.2, 0) is 15.9 Å². The summed E-state index contributed by atoms with van der Waals surface area (Å²) in [6.45, 7) is 6.60. The molecule has 33 heavy (non-hydrogen) atoms. The van der Waals surface area contributed by atoms with E-state index in [1.54, 1.807) is 13.2 Å².